The second-order valence-corrected chi connectivity index (χ2v) is 14.8. The normalized spacial score (nSPS) is 28.1. The van der Waals surface area contributed by atoms with Gasteiger partial charge in [0.15, 0.2) is 0 Å². The van der Waals surface area contributed by atoms with Gasteiger partial charge in [0.2, 0.25) is 5.91 Å². The molecule has 3 saturated heterocycles. The second kappa shape index (κ2) is 14.2. The van der Waals surface area contributed by atoms with Crippen LogP contribution in [0.5, 0.6) is 0 Å². The number of nitrogens with zero attached hydrogens (tertiary/aromatic N) is 3. The van der Waals surface area contributed by atoms with E-state index in [-0.39, 0.29) is 47.6 Å². The highest BCUT2D eigenvalue weighted by molar-refractivity contribution is 9.09. The summed E-state index contributed by atoms with van der Waals surface area (Å²) in [6.45, 7) is 17.8. The van der Waals surface area contributed by atoms with Crippen molar-refractivity contribution in [3.8, 4) is 0 Å². The molecule has 2 bridgehead atoms. The molecule has 1 N–H and O–H groups in total. The third-order valence-electron chi connectivity index (χ3n) is 9.01. The minimum atomic E-state index is -0.857. The summed E-state index contributed by atoms with van der Waals surface area (Å²) >= 11 is 5.38. The van der Waals surface area contributed by atoms with E-state index in [4.69, 9.17) is 4.74 Å². The molecular weight excluding hydrogens is 630 g/mol. The summed E-state index contributed by atoms with van der Waals surface area (Å²) < 4.78 is 4.80. The zero-order valence-corrected chi connectivity index (χ0v) is 28.2. The highest BCUT2D eigenvalue weighted by Gasteiger charge is 2.76. The van der Waals surface area contributed by atoms with E-state index in [0.29, 0.717) is 24.9 Å². The first-order chi connectivity index (χ1) is 20.6. The quantitative estimate of drug-likeness (QED) is 0.121. The van der Waals surface area contributed by atoms with Crippen molar-refractivity contribution in [2.75, 3.05) is 42.6 Å². The number of esters is 1. The average molecular weight is 677 g/mol. The Morgan fingerprint density at radius 3 is 2.40 bits per heavy atom. The molecule has 0 aliphatic carbocycles. The number of ether oxygens (including phenoxy) is 1. The molecule has 3 heterocycles. The number of alkyl halides is 1. The molecule has 3 aliphatic rings. The molecule has 2 amide bonds. The maximum Gasteiger partial charge on any atom is 0.310 e. The number of thioether (sulfide) groups is 1. The summed E-state index contributed by atoms with van der Waals surface area (Å²) in [5.74, 6) is -2.08. The number of anilines is 2. The van der Waals surface area contributed by atoms with Crippen molar-refractivity contribution in [3.05, 3.63) is 49.6 Å². The van der Waals surface area contributed by atoms with Crippen LogP contribution in [0.2, 0.25) is 0 Å². The predicted molar refractivity (Wildman–Crippen MR) is 178 cm³/mol. The number of fused-ring (bicyclic) bond motifs is 1. The molecule has 0 saturated carbocycles. The predicted octanol–water partition coefficient (Wildman–Crippen LogP) is 5.04. The van der Waals surface area contributed by atoms with Gasteiger partial charge in [0, 0.05) is 41.1 Å². The molecule has 10 heteroatoms. The molecule has 0 radical (unpaired) electrons. The van der Waals surface area contributed by atoms with Crippen molar-refractivity contribution >= 4 is 56.9 Å². The van der Waals surface area contributed by atoms with Gasteiger partial charge in [-0.05, 0) is 63.3 Å². The lowest BCUT2D eigenvalue weighted by molar-refractivity contribution is -0.154. The van der Waals surface area contributed by atoms with Crippen LogP contribution in [0, 0.1) is 17.8 Å². The molecule has 3 unspecified atom stereocenters. The van der Waals surface area contributed by atoms with Crippen molar-refractivity contribution in [3.63, 3.8) is 0 Å². The maximum atomic E-state index is 14.9. The SMILES string of the molecule is C=CCCOC(=O)[C@H]1[C@@H]2SC3(CC2Br)C(C(=O)N(CC=C)c2ccc(N(CC)CC)cc2)N([C@@H](CO)CC(C)C)C(=O)[C@H]13. The van der Waals surface area contributed by atoms with Crippen LogP contribution in [0.3, 0.4) is 0 Å². The molecule has 3 fully saturated rings. The summed E-state index contributed by atoms with van der Waals surface area (Å²) in [7, 11) is 0. The Kier molecular flexibility index (Phi) is 11.1. The van der Waals surface area contributed by atoms with Crippen molar-refractivity contribution in [1.82, 2.24) is 4.90 Å². The van der Waals surface area contributed by atoms with E-state index in [1.165, 1.54) is 0 Å². The van der Waals surface area contributed by atoms with E-state index < -0.39 is 34.6 Å². The molecule has 1 aromatic carbocycles. The standard InChI is InChI=1S/C33H46BrN3O5S/c1-7-11-17-42-32(41)26-27-30(39)37(24(20-38)18-21(5)6)29(33(27)19-25(34)28(26)43-33)31(40)36(16-8-2)23-14-12-22(13-15-23)35(9-3)10-4/h7-8,12-15,21,24-29,38H,1-2,9-11,16-20H2,3-6H3/t24-,25?,26-,27+,28-,29?,33?/m1/s1. The fourth-order valence-electron chi connectivity index (χ4n) is 7.20. The first kappa shape index (κ1) is 33.6. The molecule has 1 aromatic rings. The number of amides is 2. The second-order valence-electron chi connectivity index (χ2n) is 12.0. The van der Waals surface area contributed by atoms with Gasteiger partial charge in [0.25, 0.3) is 5.91 Å². The molecule has 43 heavy (non-hydrogen) atoms. The lowest BCUT2D eigenvalue weighted by Gasteiger charge is -2.40. The third kappa shape index (κ3) is 6.16. The first-order valence-electron chi connectivity index (χ1n) is 15.4. The molecule has 3 aliphatic heterocycles. The van der Waals surface area contributed by atoms with Gasteiger partial charge in [-0.3, -0.25) is 14.4 Å². The topological polar surface area (TPSA) is 90.4 Å². The van der Waals surface area contributed by atoms with Crippen LogP contribution >= 0.6 is 27.7 Å². The fourth-order valence-corrected chi connectivity index (χ4v) is 10.8. The minimum absolute atomic E-state index is 0.0624. The summed E-state index contributed by atoms with van der Waals surface area (Å²) in [6, 6.07) is 6.50. The van der Waals surface area contributed by atoms with Gasteiger partial charge in [0.1, 0.15) is 6.04 Å². The Bertz CT molecular complexity index is 1190. The summed E-state index contributed by atoms with van der Waals surface area (Å²) in [4.78, 5) is 48.4. The third-order valence-corrected chi connectivity index (χ3v) is 12.2. The first-order valence-corrected chi connectivity index (χ1v) is 17.2. The van der Waals surface area contributed by atoms with Gasteiger partial charge in [-0.2, -0.15) is 0 Å². The number of hydrogen-bond donors (Lipinski definition) is 1. The molecule has 0 aromatic heterocycles. The molecule has 8 nitrogen and oxygen atoms in total. The molecule has 236 valence electrons. The van der Waals surface area contributed by atoms with Crippen molar-refractivity contribution in [2.24, 2.45) is 17.8 Å². The lowest BCUT2D eigenvalue weighted by Crippen LogP contribution is -2.58. The van der Waals surface area contributed by atoms with E-state index in [0.717, 1.165) is 18.8 Å². The Labute approximate surface area is 269 Å². The monoisotopic (exact) mass is 675 g/mol. The van der Waals surface area contributed by atoms with E-state index in [2.05, 4.69) is 47.8 Å². The van der Waals surface area contributed by atoms with Crippen LogP contribution in [0.1, 0.15) is 47.0 Å². The van der Waals surface area contributed by atoms with Crippen molar-refractivity contribution in [1.29, 1.82) is 0 Å². The minimum Gasteiger partial charge on any atom is -0.465 e. The van der Waals surface area contributed by atoms with Crippen LogP contribution in [0.4, 0.5) is 11.4 Å². The van der Waals surface area contributed by atoms with Gasteiger partial charge in [-0.25, -0.2) is 0 Å². The number of aliphatic hydroxyl groups excluding tert-OH is 1. The number of rotatable bonds is 15. The highest BCUT2D eigenvalue weighted by atomic mass is 79.9. The van der Waals surface area contributed by atoms with Gasteiger partial charge in [-0.15, -0.1) is 24.9 Å². The summed E-state index contributed by atoms with van der Waals surface area (Å²) in [6.07, 6.45) is 5.00. The van der Waals surface area contributed by atoms with E-state index in [1.54, 1.807) is 33.7 Å². The average Bonchev–Trinajstić information content (AvgIpc) is 3.58. The maximum absolute atomic E-state index is 14.9. The smallest absolute Gasteiger partial charge is 0.310 e. The van der Waals surface area contributed by atoms with E-state index >= 15 is 0 Å². The Balaban J connectivity index is 1.79. The molecule has 7 atom stereocenters. The van der Waals surface area contributed by atoms with Crippen molar-refractivity contribution < 1.29 is 24.2 Å². The Morgan fingerprint density at radius 2 is 1.84 bits per heavy atom. The molecule has 1 spiro atoms. The van der Waals surface area contributed by atoms with Crippen LogP contribution in [0.15, 0.2) is 49.6 Å². The van der Waals surface area contributed by atoms with Gasteiger partial charge < -0.3 is 24.5 Å². The van der Waals surface area contributed by atoms with E-state index in [9.17, 15) is 19.5 Å². The number of halogens is 1. The van der Waals surface area contributed by atoms with Crippen LogP contribution in [-0.4, -0.2) is 87.5 Å². The lowest BCUT2D eigenvalue weighted by atomic mass is 9.71. The number of hydrogen-bond acceptors (Lipinski definition) is 7. The van der Waals surface area contributed by atoms with Crippen LogP contribution < -0.4 is 9.80 Å². The Hall–Kier alpha value is -2.30. The van der Waals surface area contributed by atoms with Crippen molar-refractivity contribution in [2.45, 2.75) is 73.9 Å². The Morgan fingerprint density at radius 1 is 1.19 bits per heavy atom. The molecule has 4 rings (SSSR count). The summed E-state index contributed by atoms with van der Waals surface area (Å²) in [5, 5.41) is 10.4. The highest BCUT2D eigenvalue weighted by Crippen LogP contribution is 2.68. The summed E-state index contributed by atoms with van der Waals surface area (Å²) in [5.41, 5.74) is 1.78. The van der Waals surface area contributed by atoms with E-state index in [1.807, 2.05) is 38.1 Å². The largest absolute Gasteiger partial charge is 0.465 e. The number of benzene rings is 1. The fraction of sp³-hybridized carbons (Fsp3) is 0.606. The number of likely N-dealkylation sites (tertiary alicyclic amines) is 1. The van der Waals surface area contributed by atoms with Gasteiger partial charge in [0.05, 0.1) is 35.8 Å². The zero-order chi connectivity index (χ0) is 31.5. The van der Waals surface area contributed by atoms with Crippen LogP contribution in [-0.2, 0) is 19.1 Å². The van der Waals surface area contributed by atoms with Gasteiger partial charge in [-0.1, -0.05) is 41.9 Å². The van der Waals surface area contributed by atoms with Crippen LogP contribution in [0.25, 0.3) is 0 Å². The number of aliphatic hydroxyl groups is 1. The van der Waals surface area contributed by atoms with Gasteiger partial charge >= 0.3 is 5.97 Å². The molecular formula is C33H46BrN3O5S. The number of carbonyl (C=O) groups excluding carboxylic acids is 3. The number of carbonyl (C=O) groups is 3. The zero-order valence-electron chi connectivity index (χ0n) is 25.8.